The number of carbonyl (C=O) groups excluding carboxylic acids is 1. The molecule has 2 aliphatic rings. The van der Waals surface area contributed by atoms with E-state index in [1.165, 1.54) is 6.26 Å². The van der Waals surface area contributed by atoms with Crippen molar-refractivity contribution >= 4 is 26.6 Å². The van der Waals surface area contributed by atoms with Crippen LogP contribution in [0.25, 0.3) is 16.7 Å². The number of amides is 1. The van der Waals surface area contributed by atoms with Crippen LogP contribution in [-0.4, -0.2) is 92.0 Å². The molecule has 35 heavy (non-hydrogen) atoms. The van der Waals surface area contributed by atoms with E-state index in [1.807, 2.05) is 33.9 Å². The average Bonchev–Trinajstić information content (AvgIpc) is 3.28. The molecular weight excluding hydrogens is 468 g/mol. The van der Waals surface area contributed by atoms with Gasteiger partial charge in [0.25, 0.3) is 0 Å². The van der Waals surface area contributed by atoms with Gasteiger partial charge in [-0.1, -0.05) is 0 Å². The molecule has 4 heterocycles. The summed E-state index contributed by atoms with van der Waals surface area (Å²) in [6.07, 6.45) is 6.43. The van der Waals surface area contributed by atoms with Gasteiger partial charge in [0.2, 0.25) is 5.91 Å². The Labute approximate surface area is 205 Å². The zero-order valence-corrected chi connectivity index (χ0v) is 20.6. The van der Waals surface area contributed by atoms with Gasteiger partial charge in [-0.2, -0.15) is 0 Å². The van der Waals surface area contributed by atoms with Crippen LogP contribution in [0.15, 0.2) is 53.7 Å². The van der Waals surface area contributed by atoms with E-state index in [2.05, 4.69) is 9.88 Å². The van der Waals surface area contributed by atoms with E-state index in [0.717, 1.165) is 42.7 Å². The van der Waals surface area contributed by atoms with Crippen LogP contribution >= 0.6 is 0 Å². The maximum Gasteiger partial charge on any atom is 0.236 e. The summed E-state index contributed by atoms with van der Waals surface area (Å²) in [7, 11) is -3.25. The molecule has 2 saturated heterocycles. The van der Waals surface area contributed by atoms with Crippen molar-refractivity contribution in [2.45, 2.75) is 23.8 Å². The van der Waals surface area contributed by atoms with Crippen LogP contribution in [0.3, 0.4) is 0 Å². The SMILES string of the molecule is CS(=O)(=O)c1ccc2c(ccn2-c2ccc(OC3CCN(C(=O)CN4CCOCC4)CC3)cn2)c1. The Hall–Kier alpha value is -2.95. The van der Waals surface area contributed by atoms with Gasteiger partial charge in [-0.25, -0.2) is 13.4 Å². The molecule has 2 fully saturated rings. The van der Waals surface area contributed by atoms with Gasteiger partial charge in [0.15, 0.2) is 9.84 Å². The van der Waals surface area contributed by atoms with Crippen LogP contribution in [0.2, 0.25) is 0 Å². The number of morpholine rings is 1. The number of rotatable bonds is 6. The first-order valence-electron chi connectivity index (χ1n) is 11.9. The Morgan fingerprint density at radius 3 is 2.54 bits per heavy atom. The third kappa shape index (κ3) is 5.50. The van der Waals surface area contributed by atoms with Gasteiger partial charge in [0.05, 0.1) is 36.4 Å². The Kier molecular flexibility index (Phi) is 6.77. The van der Waals surface area contributed by atoms with Crippen molar-refractivity contribution in [3.8, 4) is 11.6 Å². The number of aromatic nitrogens is 2. The molecule has 10 heteroatoms. The largest absolute Gasteiger partial charge is 0.489 e. The first-order chi connectivity index (χ1) is 16.9. The van der Waals surface area contributed by atoms with E-state index in [1.54, 1.807) is 24.4 Å². The number of carbonyl (C=O) groups is 1. The zero-order chi connectivity index (χ0) is 24.4. The summed E-state index contributed by atoms with van der Waals surface area (Å²) in [6, 6.07) is 10.8. The molecule has 1 aromatic carbocycles. The predicted octanol–water partition coefficient (Wildman–Crippen LogP) is 2.13. The van der Waals surface area contributed by atoms with Crippen molar-refractivity contribution in [1.29, 1.82) is 0 Å². The minimum absolute atomic E-state index is 0.0527. The topological polar surface area (TPSA) is 94.0 Å². The molecule has 0 aliphatic carbocycles. The van der Waals surface area contributed by atoms with Crippen molar-refractivity contribution in [2.75, 3.05) is 52.2 Å². The maximum atomic E-state index is 12.6. The third-order valence-corrected chi connectivity index (χ3v) is 7.73. The number of sulfone groups is 1. The van der Waals surface area contributed by atoms with Crippen LogP contribution in [0.5, 0.6) is 5.75 Å². The Balaban J connectivity index is 1.17. The molecule has 9 nitrogen and oxygen atoms in total. The Morgan fingerprint density at radius 1 is 1.09 bits per heavy atom. The van der Waals surface area contributed by atoms with Gasteiger partial charge in [0.1, 0.15) is 17.7 Å². The number of hydrogen-bond acceptors (Lipinski definition) is 7. The smallest absolute Gasteiger partial charge is 0.236 e. The fraction of sp³-hybridized carbons (Fsp3) is 0.440. The number of benzene rings is 1. The average molecular weight is 499 g/mol. The highest BCUT2D eigenvalue weighted by Gasteiger charge is 2.25. The van der Waals surface area contributed by atoms with Crippen molar-refractivity contribution in [3.05, 3.63) is 48.8 Å². The lowest BCUT2D eigenvalue weighted by Crippen LogP contribution is -2.48. The summed E-state index contributed by atoms with van der Waals surface area (Å²) in [6.45, 7) is 4.88. The lowest BCUT2D eigenvalue weighted by Gasteiger charge is -2.34. The molecule has 0 unspecified atom stereocenters. The van der Waals surface area contributed by atoms with E-state index in [-0.39, 0.29) is 12.0 Å². The maximum absolute atomic E-state index is 12.6. The highest BCUT2D eigenvalue weighted by Crippen LogP contribution is 2.24. The van der Waals surface area contributed by atoms with Gasteiger partial charge in [-0.15, -0.1) is 0 Å². The van der Waals surface area contributed by atoms with E-state index >= 15 is 0 Å². The molecule has 0 saturated carbocycles. The lowest BCUT2D eigenvalue weighted by atomic mass is 10.1. The zero-order valence-electron chi connectivity index (χ0n) is 19.8. The van der Waals surface area contributed by atoms with Crippen molar-refractivity contribution in [3.63, 3.8) is 0 Å². The lowest BCUT2D eigenvalue weighted by molar-refractivity contribution is -0.135. The number of ether oxygens (including phenoxy) is 2. The molecule has 0 bridgehead atoms. The number of piperidine rings is 1. The Morgan fingerprint density at radius 2 is 1.86 bits per heavy atom. The third-order valence-electron chi connectivity index (χ3n) is 6.62. The van der Waals surface area contributed by atoms with Crippen LogP contribution in [0, 0.1) is 0 Å². The first kappa shape index (κ1) is 23.8. The second kappa shape index (κ2) is 9.96. The molecule has 3 aromatic rings. The number of hydrogen-bond donors (Lipinski definition) is 0. The number of nitrogens with zero attached hydrogens (tertiary/aromatic N) is 4. The quantitative estimate of drug-likeness (QED) is 0.514. The molecule has 2 aliphatic heterocycles. The van der Waals surface area contributed by atoms with Crippen molar-refractivity contribution in [1.82, 2.24) is 19.4 Å². The fourth-order valence-electron chi connectivity index (χ4n) is 4.60. The number of pyridine rings is 1. The van der Waals surface area contributed by atoms with Gasteiger partial charge in [-0.05, 0) is 36.4 Å². The first-order valence-corrected chi connectivity index (χ1v) is 13.8. The molecule has 0 spiro atoms. The second-order valence-electron chi connectivity index (χ2n) is 9.12. The van der Waals surface area contributed by atoms with Crippen molar-refractivity contribution in [2.24, 2.45) is 0 Å². The summed E-state index contributed by atoms with van der Waals surface area (Å²) in [5.74, 6) is 1.60. The number of fused-ring (bicyclic) bond motifs is 1. The van der Waals surface area contributed by atoms with Gasteiger partial charge < -0.3 is 18.9 Å². The fourth-order valence-corrected chi connectivity index (χ4v) is 5.26. The van der Waals surface area contributed by atoms with Crippen LogP contribution in [-0.2, 0) is 19.4 Å². The van der Waals surface area contributed by atoms with Gasteiger partial charge >= 0.3 is 0 Å². The summed E-state index contributed by atoms with van der Waals surface area (Å²) in [4.78, 5) is 21.5. The molecule has 0 N–H and O–H groups in total. The molecule has 2 aromatic heterocycles. The van der Waals surface area contributed by atoms with Crippen LogP contribution in [0.4, 0.5) is 0 Å². The monoisotopic (exact) mass is 498 g/mol. The normalized spacial score (nSPS) is 18.1. The minimum atomic E-state index is -3.25. The summed E-state index contributed by atoms with van der Waals surface area (Å²) in [5.41, 5.74) is 0.882. The van der Waals surface area contributed by atoms with Gasteiger partial charge in [-0.3, -0.25) is 9.69 Å². The molecule has 186 valence electrons. The standard InChI is InChI=1S/C25H30N4O5S/c1-35(31,32)22-3-4-23-19(16-22)6-11-29(23)24-5-2-21(17-26-24)34-20-7-9-28(10-8-20)25(30)18-27-12-14-33-15-13-27/h2-6,11,16-17,20H,7-10,12-15,18H2,1H3. The van der Waals surface area contributed by atoms with Crippen LogP contribution < -0.4 is 4.74 Å². The van der Waals surface area contributed by atoms with Crippen molar-refractivity contribution < 1.29 is 22.7 Å². The molecular formula is C25H30N4O5S. The summed E-state index contributed by atoms with van der Waals surface area (Å²) < 4.78 is 37.1. The van der Waals surface area contributed by atoms with Gasteiger partial charge in [0, 0.05) is 56.9 Å². The number of likely N-dealkylation sites (tertiary alicyclic amines) is 1. The highest BCUT2D eigenvalue weighted by atomic mass is 32.2. The highest BCUT2D eigenvalue weighted by molar-refractivity contribution is 7.90. The molecule has 5 rings (SSSR count). The Bertz CT molecular complexity index is 1290. The minimum Gasteiger partial charge on any atom is -0.489 e. The summed E-state index contributed by atoms with van der Waals surface area (Å²) >= 11 is 0. The van der Waals surface area contributed by atoms with E-state index < -0.39 is 9.84 Å². The van der Waals surface area contributed by atoms with E-state index in [4.69, 9.17) is 9.47 Å². The molecule has 0 radical (unpaired) electrons. The van der Waals surface area contributed by atoms with Crippen LogP contribution in [0.1, 0.15) is 12.8 Å². The summed E-state index contributed by atoms with van der Waals surface area (Å²) in [5, 5.41) is 0.838. The molecule has 1 amide bonds. The molecule has 0 atom stereocenters. The van der Waals surface area contributed by atoms with E-state index in [0.29, 0.717) is 43.5 Å². The van der Waals surface area contributed by atoms with E-state index in [9.17, 15) is 13.2 Å². The predicted molar refractivity (Wildman–Crippen MR) is 132 cm³/mol. The second-order valence-corrected chi connectivity index (χ2v) is 11.1.